The summed E-state index contributed by atoms with van der Waals surface area (Å²) in [6, 6.07) is 10.9. The Bertz CT molecular complexity index is 822. The zero-order valence-electron chi connectivity index (χ0n) is 16.9. The van der Waals surface area contributed by atoms with E-state index in [-0.39, 0.29) is 35.4 Å². The molecule has 0 saturated heterocycles. The third-order valence-corrected chi connectivity index (χ3v) is 4.99. The molecule has 0 aliphatic heterocycles. The van der Waals surface area contributed by atoms with Gasteiger partial charge in [0.15, 0.2) is 0 Å². The van der Waals surface area contributed by atoms with Gasteiger partial charge in [0.25, 0.3) is 0 Å². The summed E-state index contributed by atoms with van der Waals surface area (Å²) >= 11 is 6.09. The molecule has 1 N–H and O–H groups in total. The van der Waals surface area contributed by atoms with Crippen LogP contribution in [0, 0.1) is 5.82 Å². The maximum absolute atomic E-state index is 14.2. The van der Waals surface area contributed by atoms with Gasteiger partial charge >= 0.3 is 0 Å². The highest BCUT2D eigenvalue weighted by Gasteiger charge is 2.29. The van der Waals surface area contributed by atoms with Crippen molar-refractivity contribution in [3.05, 3.63) is 64.4 Å². The second kappa shape index (κ2) is 10.8. The number of methoxy groups -OCH3 is 1. The molecule has 0 aromatic heterocycles. The highest BCUT2D eigenvalue weighted by atomic mass is 35.5. The van der Waals surface area contributed by atoms with Gasteiger partial charge in [-0.25, -0.2) is 4.39 Å². The van der Waals surface area contributed by atoms with E-state index in [2.05, 4.69) is 5.32 Å². The highest BCUT2D eigenvalue weighted by Crippen LogP contribution is 2.22. The standard InChI is InChI=1S/C22H26ClFN2O3/c1-4-20(22(28)25-5-2)26(14-15-9-11-16(29-3)12-10-15)21(27)13-17-18(23)7-6-8-19(17)24/h6-12,20H,4-5,13-14H2,1-3H3,(H,25,28). The number of hydrogen-bond donors (Lipinski definition) is 1. The number of likely N-dealkylation sites (N-methyl/N-ethyl adjacent to an activating group) is 1. The summed E-state index contributed by atoms with van der Waals surface area (Å²) in [4.78, 5) is 27.2. The summed E-state index contributed by atoms with van der Waals surface area (Å²) in [6.07, 6.45) is 0.205. The fraction of sp³-hybridized carbons (Fsp3) is 0.364. The second-order valence-electron chi connectivity index (χ2n) is 6.57. The number of hydrogen-bond acceptors (Lipinski definition) is 3. The van der Waals surface area contributed by atoms with Gasteiger partial charge in [-0.15, -0.1) is 0 Å². The smallest absolute Gasteiger partial charge is 0.242 e. The molecular weight excluding hydrogens is 395 g/mol. The number of carbonyl (C=O) groups excluding carboxylic acids is 2. The summed E-state index contributed by atoms with van der Waals surface area (Å²) in [5, 5.41) is 2.96. The van der Waals surface area contributed by atoms with E-state index in [1.807, 2.05) is 26.0 Å². The Morgan fingerprint density at radius 3 is 2.41 bits per heavy atom. The zero-order chi connectivity index (χ0) is 21.4. The fourth-order valence-electron chi connectivity index (χ4n) is 3.09. The molecule has 156 valence electrons. The van der Waals surface area contributed by atoms with Gasteiger partial charge < -0.3 is 15.0 Å². The monoisotopic (exact) mass is 420 g/mol. The van der Waals surface area contributed by atoms with Gasteiger partial charge in [-0.3, -0.25) is 9.59 Å². The van der Waals surface area contributed by atoms with Crippen LogP contribution in [-0.2, 0) is 22.6 Å². The van der Waals surface area contributed by atoms with Crippen molar-refractivity contribution >= 4 is 23.4 Å². The summed E-state index contributed by atoms with van der Waals surface area (Å²) in [7, 11) is 1.57. The Morgan fingerprint density at radius 1 is 1.17 bits per heavy atom. The largest absolute Gasteiger partial charge is 0.497 e. The maximum Gasteiger partial charge on any atom is 0.242 e. The Balaban J connectivity index is 2.33. The average molecular weight is 421 g/mol. The van der Waals surface area contributed by atoms with Crippen LogP contribution in [0.1, 0.15) is 31.4 Å². The number of nitrogens with one attached hydrogen (secondary N) is 1. The molecule has 0 radical (unpaired) electrons. The predicted octanol–water partition coefficient (Wildman–Crippen LogP) is 3.97. The highest BCUT2D eigenvalue weighted by molar-refractivity contribution is 6.31. The first-order valence-electron chi connectivity index (χ1n) is 9.54. The van der Waals surface area contributed by atoms with Gasteiger partial charge in [-0.05, 0) is 43.2 Å². The number of halogens is 2. The molecule has 5 nitrogen and oxygen atoms in total. The van der Waals surface area contributed by atoms with Crippen molar-refractivity contribution in [2.24, 2.45) is 0 Å². The van der Waals surface area contributed by atoms with E-state index >= 15 is 0 Å². The Morgan fingerprint density at radius 2 is 1.86 bits per heavy atom. The summed E-state index contributed by atoms with van der Waals surface area (Å²) < 4.78 is 19.4. The third-order valence-electron chi connectivity index (χ3n) is 4.64. The molecule has 2 aromatic carbocycles. The quantitative estimate of drug-likeness (QED) is 0.667. The van der Waals surface area contributed by atoms with Crippen molar-refractivity contribution in [2.75, 3.05) is 13.7 Å². The molecule has 1 atom stereocenters. The van der Waals surface area contributed by atoms with Gasteiger partial charge in [-0.1, -0.05) is 36.7 Å². The van der Waals surface area contributed by atoms with Crippen LogP contribution in [0.4, 0.5) is 4.39 Å². The number of ether oxygens (including phenoxy) is 1. The Kier molecular flexibility index (Phi) is 8.46. The molecule has 0 bridgehead atoms. The Hall–Kier alpha value is -2.60. The van der Waals surface area contributed by atoms with Crippen molar-refractivity contribution in [1.82, 2.24) is 10.2 Å². The number of amides is 2. The molecule has 0 fully saturated rings. The molecule has 2 amide bonds. The lowest BCUT2D eigenvalue weighted by Gasteiger charge is -2.31. The first kappa shape index (κ1) is 22.7. The number of nitrogens with zero attached hydrogens (tertiary/aromatic N) is 1. The predicted molar refractivity (Wildman–Crippen MR) is 111 cm³/mol. The molecule has 0 saturated carbocycles. The second-order valence-corrected chi connectivity index (χ2v) is 6.97. The third kappa shape index (κ3) is 5.94. The molecule has 2 rings (SSSR count). The molecule has 29 heavy (non-hydrogen) atoms. The van der Waals surface area contributed by atoms with Gasteiger partial charge in [0.1, 0.15) is 17.6 Å². The van der Waals surface area contributed by atoms with Crippen LogP contribution in [0.5, 0.6) is 5.75 Å². The molecule has 7 heteroatoms. The number of carbonyl (C=O) groups is 2. The van der Waals surface area contributed by atoms with Crippen LogP contribution in [0.2, 0.25) is 5.02 Å². The zero-order valence-corrected chi connectivity index (χ0v) is 17.6. The van der Waals surface area contributed by atoms with E-state index in [9.17, 15) is 14.0 Å². The molecule has 1 unspecified atom stereocenters. The summed E-state index contributed by atoms with van der Waals surface area (Å²) in [5.41, 5.74) is 0.964. The summed E-state index contributed by atoms with van der Waals surface area (Å²) in [6.45, 7) is 4.33. The van der Waals surface area contributed by atoms with Crippen molar-refractivity contribution in [3.8, 4) is 5.75 Å². The SMILES string of the molecule is CCNC(=O)C(CC)N(Cc1ccc(OC)cc1)C(=O)Cc1c(F)cccc1Cl. The molecule has 2 aromatic rings. The van der Waals surface area contributed by atoms with Crippen LogP contribution in [0.15, 0.2) is 42.5 Å². The van der Waals surface area contributed by atoms with E-state index in [1.165, 1.54) is 17.0 Å². The van der Waals surface area contributed by atoms with Crippen LogP contribution in [-0.4, -0.2) is 36.4 Å². The fourth-order valence-corrected chi connectivity index (χ4v) is 3.32. The number of benzene rings is 2. The van der Waals surface area contributed by atoms with E-state index < -0.39 is 11.9 Å². The first-order valence-corrected chi connectivity index (χ1v) is 9.92. The minimum atomic E-state index is -0.671. The minimum Gasteiger partial charge on any atom is -0.497 e. The minimum absolute atomic E-state index is 0.129. The summed E-state index contributed by atoms with van der Waals surface area (Å²) in [5.74, 6) is -0.454. The normalized spacial score (nSPS) is 11.6. The van der Waals surface area contributed by atoms with Crippen LogP contribution in [0.25, 0.3) is 0 Å². The van der Waals surface area contributed by atoms with Crippen molar-refractivity contribution in [2.45, 2.75) is 39.3 Å². The van der Waals surface area contributed by atoms with Gasteiger partial charge in [0.05, 0.1) is 13.5 Å². The van der Waals surface area contributed by atoms with Crippen molar-refractivity contribution < 1.29 is 18.7 Å². The van der Waals surface area contributed by atoms with Gasteiger partial charge in [0, 0.05) is 23.7 Å². The molecular formula is C22H26ClFN2O3. The average Bonchev–Trinajstić information content (AvgIpc) is 2.71. The van der Waals surface area contributed by atoms with E-state index in [0.717, 1.165) is 5.56 Å². The maximum atomic E-state index is 14.2. The van der Waals surface area contributed by atoms with Crippen LogP contribution < -0.4 is 10.1 Å². The molecule has 0 aliphatic carbocycles. The van der Waals surface area contributed by atoms with Crippen LogP contribution >= 0.6 is 11.6 Å². The topological polar surface area (TPSA) is 58.6 Å². The van der Waals surface area contributed by atoms with Gasteiger partial charge in [0.2, 0.25) is 11.8 Å². The Labute approximate surface area is 175 Å². The van der Waals surface area contributed by atoms with Crippen molar-refractivity contribution in [3.63, 3.8) is 0 Å². The van der Waals surface area contributed by atoms with E-state index in [0.29, 0.717) is 18.7 Å². The molecule has 0 heterocycles. The molecule has 0 spiro atoms. The molecule has 0 aliphatic rings. The van der Waals surface area contributed by atoms with Gasteiger partial charge in [-0.2, -0.15) is 0 Å². The van der Waals surface area contributed by atoms with E-state index in [4.69, 9.17) is 16.3 Å². The number of rotatable bonds is 9. The van der Waals surface area contributed by atoms with E-state index in [1.54, 1.807) is 25.3 Å². The van der Waals surface area contributed by atoms with Crippen molar-refractivity contribution in [1.29, 1.82) is 0 Å². The lowest BCUT2D eigenvalue weighted by molar-refractivity contribution is -0.140. The lowest BCUT2D eigenvalue weighted by Crippen LogP contribution is -2.49. The first-order chi connectivity index (χ1) is 13.9. The van der Waals surface area contributed by atoms with Crippen LogP contribution in [0.3, 0.4) is 0 Å². The lowest BCUT2D eigenvalue weighted by atomic mass is 10.1.